The van der Waals surface area contributed by atoms with Crippen LogP contribution in [0.25, 0.3) is 0 Å². The van der Waals surface area contributed by atoms with E-state index < -0.39 is 31.4 Å². The number of carbonyl (C=O) groups excluding carboxylic acids is 1. The summed E-state index contributed by atoms with van der Waals surface area (Å²) < 4.78 is 49.4. The molecule has 94 valence electrons. The van der Waals surface area contributed by atoms with Crippen LogP contribution in [0, 0.1) is 5.82 Å². The fourth-order valence-corrected chi connectivity index (χ4v) is 1.43. The van der Waals surface area contributed by atoms with Gasteiger partial charge in [-0.2, -0.15) is 0 Å². The minimum absolute atomic E-state index is 0.132. The number of hydrogen-bond donors (Lipinski definition) is 1. The first-order chi connectivity index (χ1) is 7.78. The van der Waals surface area contributed by atoms with Crippen molar-refractivity contribution in [1.29, 1.82) is 0 Å². The molecule has 0 aliphatic heterocycles. The van der Waals surface area contributed by atoms with Gasteiger partial charge in [0, 0.05) is 10.9 Å². The molecule has 0 radical (unpaired) electrons. The van der Waals surface area contributed by atoms with E-state index in [1.54, 1.807) is 0 Å². The highest BCUT2D eigenvalue weighted by atomic mass is 79.9. The molecule has 2 nitrogen and oxygen atoms in total. The zero-order valence-corrected chi connectivity index (χ0v) is 10.1. The maximum Gasteiger partial charge on any atom is 0.478 e. The van der Waals surface area contributed by atoms with Crippen LogP contribution in [0.2, 0.25) is 6.32 Å². The number of amides is 1. The van der Waals surface area contributed by atoms with E-state index in [0.717, 1.165) is 6.07 Å². The number of halogens is 5. The van der Waals surface area contributed by atoms with Crippen LogP contribution in [0.3, 0.4) is 0 Å². The van der Waals surface area contributed by atoms with Crippen molar-refractivity contribution in [3.8, 4) is 0 Å². The van der Waals surface area contributed by atoms with Gasteiger partial charge >= 0.3 is 6.98 Å². The van der Waals surface area contributed by atoms with Crippen LogP contribution in [-0.4, -0.2) is 12.9 Å². The normalized spacial score (nSPS) is 11.4. The summed E-state index contributed by atoms with van der Waals surface area (Å²) in [6.45, 7) is -4.99. The predicted molar refractivity (Wildman–Crippen MR) is 61.2 cm³/mol. The van der Waals surface area contributed by atoms with Crippen molar-refractivity contribution in [2.75, 3.05) is 5.32 Å². The number of carbonyl (C=O) groups is 1. The van der Waals surface area contributed by atoms with Crippen molar-refractivity contribution < 1.29 is 22.1 Å². The summed E-state index contributed by atoms with van der Waals surface area (Å²) in [5, 5.41) is 2.09. The Balaban J connectivity index is 2.57. The van der Waals surface area contributed by atoms with Gasteiger partial charge in [0.05, 0.1) is 5.69 Å². The quantitative estimate of drug-likeness (QED) is 0.665. The fourth-order valence-electron chi connectivity index (χ4n) is 1.10. The smallest absolute Gasteiger partial charge is 0.449 e. The lowest BCUT2D eigenvalue weighted by molar-refractivity contribution is -0.116. The van der Waals surface area contributed by atoms with Crippen LogP contribution in [-0.2, 0) is 4.79 Å². The van der Waals surface area contributed by atoms with Crippen molar-refractivity contribution in [1.82, 2.24) is 0 Å². The van der Waals surface area contributed by atoms with E-state index in [4.69, 9.17) is 0 Å². The molecule has 0 saturated heterocycles. The van der Waals surface area contributed by atoms with Crippen molar-refractivity contribution >= 4 is 34.5 Å². The predicted octanol–water partition coefficient (Wildman–Crippen LogP) is 3.76. The second-order valence-electron chi connectivity index (χ2n) is 3.42. The standard InChI is InChI=1S/C9H8BBrF4NO/c11-6-1-2-8(7(12)5-6)16-9(17)3-4-10(13,14)15/h1-2,5H,3-4H2,(H,16,17)/q-1. The van der Waals surface area contributed by atoms with Gasteiger partial charge in [-0.15, -0.1) is 0 Å². The molecule has 1 N–H and O–H groups in total. The number of nitrogens with one attached hydrogen (secondary N) is 1. The van der Waals surface area contributed by atoms with Gasteiger partial charge < -0.3 is 18.3 Å². The molecule has 1 rings (SSSR count). The van der Waals surface area contributed by atoms with Crippen molar-refractivity contribution in [2.24, 2.45) is 0 Å². The Morgan fingerprint density at radius 2 is 2.00 bits per heavy atom. The fraction of sp³-hybridized carbons (Fsp3) is 0.222. The molecular formula is C9H8BBrF4NO-. The van der Waals surface area contributed by atoms with Gasteiger partial charge in [0.1, 0.15) is 5.82 Å². The molecule has 0 aromatic heterocycles. The molecule has 0 heterocycles. The van der Waals surface area contributed by atoms with Gasteiger partial charge in [0.2, 0.25) is 5.91 Å². The Morgan fingerprint density at radius 3 is 2.53 bits per heavy atom. The van der Waals surface area contributed by atoms with Gasteiger partial charge in [-0.25, -0.2) is 4.39 Å². The maximum absolute atomic E-state index is 13.2. The van der Waals surface area contributed by atoms with E-state index in [1.807, 2.05) is 0 Å². The first-order valence-corrected chi connectivity index (χ1v) is 5.53. The Bertz CT molecular complexity index is 424. The number of anilines is 1. The van der Waals surface area contributed by atoms with Crippen LogP contribution in [0.15, 0.2) is 22.7 Å². The number of benzene rings is 1. The second kappa shape index (κ2) is 5.53. The van der Waals surface area contributed by atoms with Crippen LogP contribution < -0.4 is 5.32 Å². The average Bonchev–Trinajstić information content (AvgIpc) is 2.18. The van der Waals surface area contributed by atoms with Gasteiger partial charge in [-0.1, -0.05) is 22.3 Å². The van der Waals surface area contributed by atoms with E-state index in [9.17, 15) is 22.1 Å². The molecule has 0 bridgehead atoms. The van der Waals surface area contributed by atoms with Crippen molar-refractivity contribution in [3.63, 3.8) is 0 Å². The lowest BCUT2D eigenvalue weighted by Crippen LogP contribution is -2.20. The van der Waals surface area contributed by atoms with E-state index in [-0.39, 0.29) is 5.69 Å². The van der Waals surface area contributed by atoms with Crippen molar-refractivity contribution in [2.45, 2.75) is 12.7 Å². The summed E-state index contributed by atoms with van der Waals surface area (Å²) in [7, 11) is 0. The summed E-state index contributed by atoms with van der Waals surface area (Å²) in [5.41, 5.74) is -0.132. The molecule has 1 aromatic carbocycles. The highest BCUT2D eigenvalue weighted by Crippen LogP contribution is 2.21. The molecule has 0 atom stereocenters. The lowest BCUT2D eigenvalue weighted by Gasteiger charge is -2.13. The van der Waals surface area contributed by atoms with Gasteiger partial charge in [-0.3, -0.25) is 4.79 Å². The average molecular weight is 313 g/mol. The Hall–Kier alpha value is -1.05. The van der Waals surface area contributed by atoms with Gasteiger partial charge in [0.15, 0.2) is 0 Å². The first-order valence-electron chi connectivity index (χ1n) is 4.74. The lowest BCUT2D eigenvalue weighted by atomic mass is 9.84. The second-order valence-corrected chi connectivity index (χ2v) is 4.34. The highest BCUT2D eigenvalue weighted by Gasteiger charge is 2.23. The van der Waals surface area contributed by atoms with E-state index in [0.29, 0.717) is 4.47 Å². The van der Waals surface area contributed by atoms with Gasteiger partial charge in [-0.05, 0) is 18.2 Å². The monoisotopic (exact) mass is 312 g/mol. The minimum atomic E-state index is -4.99. The molecule has 0 fully saturated rings. The Morgan fingerprint density at radius 1 is 1.35 bits per heavy atom. The van der Waals surface area contributed by atoms with E-state index >= 15 is 0 Å². The summed E-state index contributed by atoms with van der Waals surface area (Å²) in [6, 6.07) is 3.87. The largest absolute Gasteiger partial charge is 0.478 e. The van der Waals surface area contributed by atoms with Gasteiger partial charge in [0.25, 0.3) is 0 Å². The topological polar surface area (TPSA) is 29.1 Å². The first kappa shape index (κ1) is 14.0. The zero-order valence-electron chi connectivity index (χ0n) is 8.52. The zero-order chi connectivity index (χ0) is 13.1. The number of hydrogen-bond acceptors (Lipinski definition) is 1. The summed E-state index contributed by atoms with van der Waals surface area (Å²) in [4.78, 5) is 11.1. The molecule has 1 amide bonds. The Labute approximate surface area is 104 Å². The molecule has 8 heteroatoms. The maximum atomic E-state index is 13.2. The minimum Gasteiger partial charge on any atom is -0.449 e. The molecule has 0 unspecified atom stereocenters. The van der Waals surface area contributed by atoms with Crippen LogP contribution in [0.4, 0.5) is 23.0 Å². The van der Waals surface area contributed by atoms with Crippen LogP contribution in [0.1, 0.15) is 6.42 Å². The third-order valence-corrected chi connectivity index (χ3v) is 2.40. The molecule has 17 heavy (non-hydrogen) atoms. The summed E-state index contributed by atoms with van der Waals surface area (Å²) in [5.74, 6) is -1.56. The molecular weight excluding hydrogens is 305 g/mol. The number of rotatable bonds is 4. The molecule has 0 saturated carbocycles. The third-order valence-electron chi connectivity index (χ3n) is 1.90. The molecule has 0 aliphatic rings. The summed E-state index contributed by atoms with van der Waals surface area (Å²) >= 11 is 3.02. The SMILES string of the molecule is O=C(CC[B-](F)(F)F)Nc1ccc(Br)cc1F. The van der Waals surface area contributed by atoms with Crippen LogP contribution >= 0.6 is 15.9 Å². The molecule has 1 aromatic rings. The molecule has 0 spiro atoms. The van der Waals surface area contributed by atoms with Crippen LogP contribution in [0.5, 0.6) is 0 Å². The van der Waals surface area contributed by atoms with E-state index in [2.05, 4.69) is 21.2 Å². The van der Waals surface area contributed by atoms with Crippen molar-refractivity contribution in [3.05, 3.63) is 28.5 Å². The third kappa shape index (κ3) is 5.21. The summed E-state index contributed by atoms with van der Waals surface area (Å²) in [6.07, 6.45) is -1.86. The Kier molecular flexibility index (Phi) is 4.56. The highest BCUT2D eigenvalue weighted by molar-refractivity contribution is 9.10. The molecule has 0 aliphatic carbocycles. The van der Waals surface area contributed by atoms with E-state index in [1.165, 1.54) is 12.1 Å².